The van der Waals surface area contributed by atoms with Gasteiger partial charge in [-0.3, -0.25) is 9.58 Å². The van der Waals surface area contributed by atoms with E-state index < -0.39 is 0 Å². The molecule has 3 aliphatic rings. The van der Waals surface area contributed by atoms with Gasteiger partial charge in [0.05, 0.1) is 12.3 Å². The molecule has 3 fully saturated rings. The number of carbonyl (C=O) groups is 1. The maximum atomic E-state index is 12.0. The summed E-state index contributed by atoms with van der Waals surface area (Å²) in [5.41, 5.74) is 3.63. The van der Waals surface area contributed by atoms with Gasteiger partial charge in [0.15, 0.2) is 0 Å². The van der Waals surface area contributed by atoms with E-state index in [9.17, 15) is 4.79 Å². The fraction of sp³-hybridized carbons (Fsp3) is 0.654. The summed E-state index contributed by atoms with van der Waals surface area (Å²) in [7, 11) is 1.97. The Kier molecular flexibility index (Phi) is 6.27. The number of hydrogen-bond donors (Lipinski definition) is 0. The standard InChI is InChI=1S/C26H38N6O2/c1-5-34-25(33)32-17-26(18-32)9-8-21(20(26)3)16-30-11-13-31(14-12-30)24-22(7-6-10-27-24)23-19(2)15-29(4)28-23/h6-7,10,15,20-21H,5,8-9,11-14,16-18H2,1-4H3/t20?,21-/m0/s1. The fourth-order valence-corrected chi connectivity index (χ4v) is 6.38. The summed E-state index contributed by atoms with van der Waals surface area (Å²) in [6.45, 7) is 13.8. The lowest BCUT2D eigenvalue weighted by atomic mass is 9.70. The predicted molar refractivity (Wildman–Crippen MR) is 133 cm³/mol. The first kappa shape index (κ1) is 23.1. The number of amides is 1. The molecule has 0 aromatic carbocycles. The molecule has 34 heavy (non-hydrogen) atoms. The second kappa shape index (κ2) is 9.21. The molecule has 2 aromatic heterocycles. The van der Waals surface area contributed by atoms with Crippen LogP contribution in [0.1, 0.15) is 32.3 Å². The highest BCUT2D eigenvalue weighted by Gasteiger charge is 2.54. The molecule has 1 spiro atoms. The minimum absolute atomic E-state index is 0.144. The van der Waals surface area contributed by atoms with Crippen LogP contribution in [-0.2, 0) is 11.8 Å². The summed E-state index contributed by atoms with van der Waals surface area (Å²) < 4.78 is 7.06. The van der Waals surface area contributed by atoms with E-state index in [1.807, 2.05) is 35.8 Å². The van der Waals surface area contributed by atoms with Gasteiger partial charge in [-0.25, -0.2) is 9.78 Å². The molecule has 1 saturated carbocycles. The number of carbonyl (C=O) groups excluding carboxylic acids is 1. The van der Waals surface area contributed by atoms with Gasteiger partial charge in [0.2, 0.25) is 0 Å². The smallest absolute Gasteiger partial charge is 0.409 e. The molecule has 1 aliphatic carbocycles. The molecule has 2 saturated heterocycles. The Labute approximate surface area is 202 Å². The van der Waals surface area contributed by atoms with Crippen LogP contribution >= 0.6 is 0 Å². The molecule has 2 atom stereocenters. The van der Waals surface area contributed by atoms with Crippen molar-refractivity contribution < 1.29 is 9.53 Å². The van der Waals surface area contributed by atoms with Crippen LogP contribution in [0.25, 0.3) is 11.3 Å². The van der Waals surface area contributed by atoms with Crippen molar-refractivity contribution in [2.45, 2.75) is 33.6 Å². The summed E-state index contributed by atoms with van der Waals surface area (Å²) >= 11 is 0. The number of aromatic nitrogens is 3. The van der Waals surface area contributed by atoms with Crippen LogP contribution in [-0.4, -0.2) is 83.1 Å². The Balaban J connectivity index is 1.17. The molecule has 4 heterocycles. The largest absolute Gasteiger partial charge is 0.450 e. The van der Waals surface area contributed by atoms with E-state index in [2.05, 4.69) is 41.0 Å². The van der Waals surface area contributed by atoms with Crippen molar-refractivity contribution >= 4 is 11.9 Å². The maximum Gasteiger partial charge on any atom is 0.409 e. The molecule has 8 nitrogen and oxygen atoms in total. The summed E-state index contributed by atoms with van der Waals surface area (Å²) in [6, 6.07) is 4.14. The third-order valence-electron chi connectivity index (χ3n) is 8.44. The van der Waals surface area contributed by atoms with Gasteiger partial charge in [-0.2, -0.15) is 5.10 Å². The van der Waals surface area contributed by atoms with E-state index in [4.69, 9.17) is 9.72 Å². The molecule has 2 aromatic rings. The van der Waals surface area contributed by atoms with Crippen LogP contribution in [0.15, 0.2) is 24.5 Å². The summed E-state index contributed by atoms with van der Waals surface area (Å²) in [5.74, 6) is 2.40. The van der Waals surface area contributed by atoms with Gasteiger partial charge < -0.3 is 14.5 Å². The number of pyridine rings is 1. The predicted octanol–water partition coefficient (Wildman–Crippen LogP) is 3.42. The molecule has 0 radical (unpaired) electrons. The molecule has 5 rings (SSSR count). The lowest BCUT2D eigenvalue weighted by Crippen LogP contribution is -2.60. The molecular formula is C26H38N6O2. The Morgan fingerprint density at radius 2 is 2.00 bits per heavy atom. The third-order valence-corrected chi connectivity index (χ3v) is 8.44. The van der Waals surface area contributed by atoms with E-state index in [1.165, 1.54) is 18.4 Å². The highest BCUT2D eigenvalue weighted by atomic mass is 16.6. The summed E-state index contributed by atoms with van der Waals surface area (Å²) in [6.07, 6.45) is 6.31. The van der Waals surface area contributed by atoms with Gasteiger partial charge in [-0.1, -0.05) is 6.92 Å². The van der Waals surface area contributed by atoms with Crippen molar-refractivity contribution in [3.63, 3.8) is 0 Å². The zero-order valence-electron chi connectivity index (χ0n) is 21.0. The van der Waals surface area contributed by atoms with Gasteiger partial charge in [0.1, 0.15) is 5.82 Å². The van der Waals surface area contributed by atoms with Crippen LogP contribution in [0.5, 0.6) is 0 Å². The number of rotatable bonds is 5. The highest BCUT2D eigenvalue weighted by molar-refractivity contribution is 5.75. The number of hydrogen-bond acceptors (Lipinski definition) is 6. The van der Waals surface area contributed by atoms with Gasteiger partial charge in [0, 0.05) is 76.2 Å². The van der Waals surface area contributed by atoms with E-state index in [1.54, 1.807) is 0 Å². The lowest BCUT2D eigenvalue weighted by Gasteiger charge is -2.51. The minimum atomic E-state index is -0.144. The Morgan fingerprint density at radius 3 is 2.68 bits per heavy atom. The fourth-order valence-electron chi connectivity index (χ4n) is 6.38. The zero-order valence-corrected chi connectivity index (χ0v) is 21.0. The number of piperazine rings is 1. The molecule has 2 aliphatic heterocycles. The quantitative estimate of drug-likeness (QED) is 0.673. The molecule has 1 amide bonds. The number of aryl methyl sites for hydroxylation is 2. The molecular weight excluding hydrogens is 428 g/mol. The summed E-state index contributed by atoms with van der Waals surface area (Å²) in [4.78, 5) is 23.7. The molecule has 1 unspecified atom stereocenters. The van der Waals surface area contributed by atoms with Crippen LogP contribution in [0.2, 0.25) is 0 Å². The van der Waals surface area contributed by atoms with Crippen molar-refractivity contribution in [1.29, 1.82) is 0 Å². The van der Waals surface area contributed by atoms with Crippen LogP contribution in [0.4, 0.5) is 10.6 Å². The van der Waals surface area contributed by atoms with Crippen LogP contribution in [0, 0.1) is 24.2 Å². The van der Waals surface area contributed by atoms with E-state index in [-0.39, 0.29) is 6.09 Å². The van der Waals surface area contributed by atoms with E-state index in [0.29, 0.717) is 23.9 Å². The zero-order chi connectivity index (χ0) is 23.9. The average Bonchev–Trinajstić information content (AvgIpc) is 3.32. The Morgan fingerprint density at radius 1 is 1.24 bits per heavy atom. The van der Waals surface area contributed by atoms with Gasteiger partial charge in [-0.05, 0) is 56.2 Å². The summed E-state index contributed by atoms with van der Waals surface area (Å²) in [5, 5.41) is 4.69. The molecule has 184 valence electrons. The first-order valence-corrected chi connectivity index (χ1v) is 12.7. The van der Waals surface area contributed by atoms with E-state index >= 15 is 0 Å². The molecule has 0 bridgehead atoms. The van der Waals surface area contributed by atoms with E-state index in [0.717, 1.165) is 62.9 Å². The number of likely N-dealkylation sites (tertiary alicyclic amines) is 1. The second-order valence-corrected chi connectivity index (χ2v) is 10.5. The van der Waals surface area contributed by atoms with Gasteiger partial charge in [-0.15, -0.1) is 0 Å². The molecule has 0 N–H and O–H groups in total. The molecule has 8 heteroatoms. The monoisotopic (exact) mass is 466 g/mol. The highest BCUT2D eigenvalue weighted by Crippen LogP contribution is 2.52. The van der Waals surface area contributed by atoms with Crippen LogP contribution in [0.3, 0.4) is 0 Å². The third kappa shape index (κ3) is 4.17. The van der Waals surface area contributed by atoms with Crippen molar-refractivity contribution in [3.8, 4) is 11.3 Å². The maximum absolute atomic E-state index is 12.0. The average molecular weight is 467 g/mol. The minimum Gasteiger partial charge on any atom is -0.450 e. The van der Waals surface area contributed by atoms with Crippen molar-refractivity contribution in [3.05, 3.63) is 30.1 Å². The Hall–Kier alpha value is -2.61. The second-order valence-electron chi connectivity index (χ2n) is 10.5. The normalized spacial score (nSPS) is 24.5. The SMILES string of the molecule is CCOC(=O)N1CC2(CC[C@@H](CN3CCN(c4ncccc4-c4nn(C)cc4C)CC3)C2C)C1. The van der Waals surface area contributed by atoms with Crippen LogP contribution < -0.4 is 4.90 Å². The number of anilines is 1. The van der Waals surface area contributed by atoms with Gasteiger partial charge >= 0.3 is 6.09 Å². The van der Waals surface area contributed by atoms with Gasteiger partial charge in [0.25, 0.3) is 0 Å². The number of ether oxygens (including phenoxy) is 1. The van der Waals surface area contributed by atoms with Crippen molar-refractivity contribution in [1.82, 2.24) is 24.6 Å². The number of nitrogens with zero attached hydrogens (tertiary/aromatic N) is 6. The van der Waals surface area contributed by atoms with Crippen molar-refractivity contribution in [2.24, 2.45) is 24.3 Å². The Bertz CT molecular complexity index is 1020. The topological polar surface area (TPSA) is 66.7 Å². The first-order valence-electron chi connectivity index (χ1n) is 12.7. The lowest BCUT2D eigenvalue weighted by molar-refractivity contribution is -0.0294. The first-order chi connectivity index (χ1) is 16.4. The van der Waals surface area contributed by atoms with Crippen molar-refractivity contribution in [2.75, 3.05) is 57.3 Å².